The third-order valence-corrected chi connectivity index (χ3v) is 2.94. The number of aliphatic imine (C=N–C) groups is 1. The molecule has 0 spiro atoms. The fourth-order valence-corrected chi connectivity index (χ4v) is 1.82. The summed E-state index contributed by atoms with van der Waals surface area (Å²) >= 11 is 12.0. The van der Waals surface area contributed by atoms with Gasteiger partial charge in [-0.3, -0.25) is 4.99 Å². The molecule has 0 aliphatic carbocycles. The van der Waals surface area contributed by atoms with Gasteiger partial charge in [-0.2, -0.15) is 0 Å². The molecule has 0 N–H and O–H groups in total. The molecule has 0 atom stereocenters. The maximum Gasteiger partial charge on any atom is 0.0834 e. The first-order valence-electron chi connectivity index (χ1n) is 5.22. The summed E-state index contributed by atoms with van der Waals surface area (Å²) in [6, 6.07) is 15.2. The molecule has 2 aromatic carbocycles. The van der Waals surface area contributed by atoms with Gasteiger partial charge < -0.3 is 0 Å². The third kappa shape index (κ3) is 3.09. The fourth-order valence-electron chi connectivity index (χ4n) is 1.50. The molecule has 3 heteroatoms. The maximum absolute atomic E-state index is 6.06. The Morgan fingerprint density at radius 3 is 2.41 bits per heavy atom. The third-order valence-electron chi connectivity index (χ3n) is 2.39. The molecule has 17 heavy (non-hydrogen) atoms. The summed E-state index contributed by atoms with van der Waals surface area (Å²) in [5, 5.41) is 1.23. The van der Waals surface area contributed by atoms with Gasteiger partial charge in [-0.25, -0.2) is 0 Å². The van der Waals surface area contributed by atoms with Crippen LogP contribution in [0, 0.1) is 0 Å². The molecule has 0 saturated carbocycles. The summed E-state index contributed by atoms with van der Waals surface area (Å²) in [6.45, 7) is 1.95. The molecule has 0 radical (unpaired) electrons. The summed E-state index contributed by atoms with van der Waals surface area (Å²) in [6.07, 6.45) is 0. The van der Waals surface area contributed by atoms with Crippen LogP contribution in [0.1, 0.15) is 12.5 Å². The summed E-state index contributed by atoms with van der Waals surface area (Å²) in [4.78, 5) is 4.49. The van der Waals surface area contributed by atoms with Crippen LogP contribution in [-0.2, 0) is 0 Å². The molecule has 0 unspecified atom stereocenters. The van der Waals surface area contributed by atoms with E-state index in [2.05, 4.69) is 4.99 Å². The van der Waals surface area contributed by atoms with Crippen LogP contribution in [0.2, 0.25) is 10.0 Å². The molecule has 0 aromatic heterocycles. The first-order chi connectivity index (χ1) is 8.16. The van der Waals surface area contributed by atoms with Crippen molar-refractivity contribution < 1.29 is 0 Å². The lowest BCUT2D eigenvalue weighted by Gasteiger charge is -2.03. The second-order valence-electron chi connectivity index (χ2n) is 3.66. The smallest absolute Gasteiger partial charge is 0.0834 e. The second-order valence-corrected chi connectivity index (χ2v) is 4.50. The van der Waals surface area contributed by atoms with E-state index in [1.165, 1.54) is 0 Å². The maximum atomic E-state index is 6.06. The van der Waals surface area contributed by atoms with E-state index in [1.54, 1.807) is 18.2 Å². The lowest BCUT2D eigenvalue weighted by Crippen LogP contribution is -1.92. The van der Waals surface area contributed by atoms with Crippen molar-refractivity contribution in [3.8, 4) is 0 Å². The van der Waals surface area contributed by atoms with Gasteiger partial charge in [-0.1, -0.05) is 53.5 Å². The molecule has 0 bridgehead atoms. The number of halogens is 2. The highest BCUT2D eigenvalue weighted by Crippen LogP contribution is 2.28. The lowest BCUT2D eigenvalue weighted by atomic mass is 10.1. The van der Waals surface area contributed by atoms with Crippen LogP contribution in [0.15, 0.2) is 53.5 Å². The van der Waals surface area contributed by atoms with E-state index in [4.69, 9.17) is 23.2 Å². The van der Waals surface area contributed by atoms with Crippen molar-refractivity contribution in [1.29, 1.82) is 0 Å². The van der Waals surface area contributed by atoms with Gasteiger partial charge in [0.2, 0.25) is 0 Å². The topological polar surface area (TPSA) is 12.4 Å². The van der Waals surface area contributed by atoms with Crippen molar-refractivity contribution >= 4 is 34.6 Å². The molecule has 0 aliphatic heterocycles. The van der Waals surface area contributed by atoms with Crippen molar-refractivity contribution in [2.75, 3.05) is 0 Å². The van der Waals surface area contributed by atoms with E-state index in [-0.39, 0.29) is 0 Å². The molecule has 1 nitrogen and oxygen atoms in total. The van der Waals surface area contributed by atoms with Crippen LogP contribution < -0.4 is 0 Å². The number of hydrogen-bond acceptors (Lipinski definition) is 1. The minimum Gasteiger partial charge on any atom is -0.252 e. The van der Waals surface area contributed by atoms with Gasteiger partial charge in [0, 0.05) is 10.7 Å². The average molecular weight is 264 g/mol. The zero-order valence-corrected chi connectivity index (χ0v) is 10.8. The van der Waals surface area contributed by atoms with Gasteiger partial charge >= 0.3 is 0 Å². The van der Waals surface area contributed by atoms with Crippen LogP contribution in [0.5, 0.6) is 0 Å². The van der Waals surface area contributed by atoms with Crippen LogP contribution >= 0.6 is 23.2 Å². The largest absolute Gasteiger partial charge is 0.252 e. The van der Waals surface area contributed by atoms with Crippen LogP contribution in [-0.4, -0.2) is 5.71 Å². The van der Waals surface area contributed by atoms with Crippen molar-refractivity contribution in [1.82, 2.24) is 0 Å². The Bertz CT molecular complexity index is 547. The zero-order chi connectivity index (χ0) is 12.3. The Balaban J connectivity index is 2.39. The zero-order valence-electron chi connectivity index (χ0n) is 9.32. The number of hydrogen-bond donors (Lipinski definition) is 0. The number of nitrogens with zero attached hydrogens (tertiary/aromatic N) is 1. The molecule has 0 saturated heterocycles. The van der Waals surface area contributed by atoms with E-state index in [0.29, 0.717) is 15.7 Å². The normalized spacial score (nSPS) is 11.6. The molecule has 2 rings (SSSR count). The highest BCUT2D eigenvalue weighted by Gasteiger charge is 2.01. The van der Waals surface area contributed by atoms with Gasteiger partial charge in [0.25, 0.3) is 0 Å². The minimum atomic E-state index is 0.602. The summed E-state index contributed by atoms with van der Waals surface area (Å²) in [5.41, 5.74) is 2.68. The number of rotatable bonds is 2. The average Bonchev–Trinajstić information content (AvgIpc) is 2.35. The number of benzene rings is 2. The fraction of sp³-hybridized carbons (Fsp3) is 0.0714. The Labute approximate surface area is 111 Å². The first kappa shape index (κ1) is 12.2. The Morgan fingerprint density at radius 2 is 1.71 bits per heavy atom. The van der Waals surface area contributed by atoms with Crippen LogP contribution in [0.25, 0.3) is 0 Å². The highest BCUT2D eigenvalue weighted by molar-refractivity contribution is 6.35. The highest BCUT2D eigenvalue weighted by atomic mass is 35.5. The van der Waals surface area contributed by atoms with Crippen LogP contribution in [0.4, 0.5) is 5.69 Å². The van der Waals surface area contributed by atoms with E-state index in [9.17, 15) is 0 Å². The molecule has 86 valence electrons. The molecule has 2 aromatic rings. The standard InChI is InChI=1S/C14H11Cl2N/c1-10(11-5-3-2-4-6-11)17-14-9-12(15)7-8-13(14)16/h2-9H,1H3. The summed E-state index contributed by atoms with van der Waals surface area (Å²) in [7, 11) is 0. The van der Waals surface area contributed by atoms with E-state index in [1.807, 2.05) is 37.3 Å². The van der Waals surface area contributed by atoms with Gasteiger partial charge in [-0.05, 0) is 30.7 Å². The molecule has 0 fully saturated rings. The minimum absolute atomic E-state index is 0.602. The van der Waals surface area contributed by atoms with Gasteiger partial charge in [0.15, 0.2) is 0 Å². The van der Waals surface area contributed by atoms with E-state index >= 15 is 0 Å². The molecule has 0 amide bonds. The molecular formula is C14H11Cl2N. The Kier molecular flexibility index (Phi) is 3.82. The van der Waals surface area contributed by atoms with E-state index in [0.717, 1.165) is 11.3 Å². The van der Waals surface area contributed by atoms with Crippen molar-refractivity contribution in [3.05, 3.63) is 64.1 Å². The lowest BCUT2D eigenvalue weighted by molar-refractivity contribution is 1.47. The van der Waals surface area contributed by atoms with Crippen LogP contribution in [0.3, 0.4) is 0 Å². The van der Waals surface area contributed by atoms with E-state index < -0.39 is 0 Å². The Hall–Kier alpha value is -1.31. The summed E-state index contributed by atoms with van der Waals surface area (Å²) in [5.74, 6) is 0. The van der Waals surface area contributed by atoms with Crippen molar-refractivity contribution in [2.45, 2.75) is 6.92 Å². The molecule has 0 aliphatic rings. The monoisotopic (exact) mass is 263 g/mol. The molecular weight excluding hydrogens is 253 g/mol. The summed E-state index contributed by atoms with van der Waals surface area (Å²) < 4.78 is 0. The van der Waals surface area contributed by atoms with Gasteiger partial charge in [0.1, 0.15) is 0 Å². The first-order valence-corrected chi connectivity index (χ1v) is 5.98. The SMILES string of the molecule is CC(=Nc1cc(Cl)ccc1Cl)c1ccccc1. The predicted molar refractivity (Wildman–Crippen MR) is 74.8 cm³/mol. The molecule has 0 heterocycles. The van der Waals surface area contributed by atoms with Gasteiger partial charge in [-0.15, -0.1) is 0 Å². The van der Waals surface area contributed by atoms with Crippen molar-refractivity contribution in [2.24, 2.45) is 4.99 Å². The Morgan fingerprint density at radius 1 is 1.00 bits per heavy atom. The second kappa shape index (κ2) is 5.35. The van der Waals surface area contributed by atoms with Gasteiger partial charge in [0.05, 0.1) is 10.7 Å². The van der Waals surface area contributed by atoms with Crippen molar-refractivity contribution in [3.63, 3.8) is 0 Å². The quantitative estimate of drug-likeness (QED) is 0.666. The predicted octanol–water partition coefficient (Wildman–Crippen LogP) is 5.13.